The number of aldehydes is 1. The topological polar surface area (TPSA) is 87.7 Å². The van der Waals surface area contributed by atoms with Crippen LogP contribution in [0.4, 0.5) is 19.0 Å². The van der Waals surface area contributed by atoms with Crippen molar-refractivity contribution in [1.29, 1.82) is 0 Å². The number of amides is 1. The Morgan fingerprint density at radius 2 is 1.92 bits per heavy atom. The molecule has 8 nitrogen and oxygen atoms in total. The minimum atomic E-state index is -4.37. The zero-order chi connectivity index (χ0) is 28.2. The fourth-order valence-corrected chi connectivity index (χ4v) is 4.03. The van der Waals surface area contributed by atoms with E-state index in [4.69, 9.17) is 4.74 Å². The number of ether oxygens (including phenoxy) is 1. The first kappa shape index (κ1) is 28.7. The molecule has 38 heavy (non-hydrogen) atoms. The third-order valence-electron chi connectivity index (χ3n) is 6.15. The molecule has 2 aromatic rings. The fraction of sp³-hybridized carbons (Fsp3) is 0.407. The van der Waals surface area contributed by atoms with Crippen molar-refractivity contribution in [2.75, 3.05) is 19.4 Å². The zero-order valence-corrected chi connectivity index (χ0v) is 22.2. The SMILES string of the molecule is CC(C)C=O.CNc1nccc2c1CN(C(C)c1cnc(OC3=CN(C)C(C(F)(F)F)C=C3)c(C)c1)C2=O. The van der Waals surface area contributed by atoms with Crippen LogP contribution >= 0.6 is 0 Å². The molecule has 204 valence electrons. The van der Waals surface area contributed by atoms with Gasteiger partial charge in [-0.25, -0.2) is 9.97 Å². The highest BCUT2D eigenvalue weighted by molar-refractivity contribution is 5.99. The van der Waals surface area contributed by atoms with Crippen LogP contribution in [0, 0.1) is 12.8 Å². The molecule has 2 unspecified atom stereocenters. The third-order valence-corrected chi connectivity index (χ3v) is 6.15. The molecule has 2 aliphatic heterocycles. The van der Waals surface area contributed by atoms with E-state index >= 15 is 0 Å². The van der Waals surface area contributed by atoms with E-state index in [0.29, 0.717) is 29.4 Å². The van der Waals surface area contributed by atoms with Crippen molar-refractivity contribution in [3.05, 3.63) is 70.9 Å². The average Bonchev–Trinajstić information content (AvgIpc) is 3.21. The fourth-order valence-electron chi connectivity index (χ4n) is 4.03. The second-order valence-electron chi connectivity index (χ2n) is 9.46. The molecule has 1 amide bonds. The number of rotatable bonds is 6. The normalized spacial score (nSPS) is 17.5. The lowest BCUT2D eigenvalue weighted by molar-refractivity contribution is -0.161. The van der Waals surface area contributed by atoms with Gasteiger partial charge in [-0.1, -0.05) is 13.8 Å². The van der Waals surface area contributed by atoms with Gasteiger partial charge in [0.15, 0.2) is 0 Å². The van der Waals surface area contributed by atoms with Gasteiger partial charge in [-0.05, 0) is 43.7 Å². The second kappa shape index (κ2) is 11.7. The number of alkyl halides is 3. The lowest BCUT2D eigenvalue weighted by Crippen LogP contribution is -2.40. The molecule has 0 aliphatic carbocycles. The van der Waals surface area contributed by atoms with E-state index in [0.717, 1.165) is 28.4 Å². The minimum Gasteiger partial charge on any atom is -0.437 e. The monoisotopic (exact) mass is 531 g/mol. The summed E-state index contributed by atoms with van der Waals surface area (Å²) in [6, 6.07) is 1.65. The number of fused-ring (bicyclic) bond motifs is 1. The van der Waals surface area contributed by atoms with E-state index in [2.05, 4.69) is 15.3 Å². The second-order valence-corrected chi connectivity index (χ2v) is 9.46. The van der Waals surface area contributed by atoms with Gasteiger partial charge in [0, 0.05) is 55.3 Å². The highest BCUT2D eigenvalue weighted by Gasteiger charge is 2.41. The number of hydrogen-bond acceptors (Lipinski definition) is 7. The Morgan fingerprint density at radius 3 is 2.47 bits per heavy atom. The average molecular weight is 532 g/mol. The van der Waals surface area contributed by atoms with Crippen molar-refractivity contribution in [2.24, 2.45) is 5.92 Å². The summed E-state index contributed by atoms with van der Waals surface area (Å²) in [7, 11) is 3.11. The number of nitrogens with one attached hydrogen (secondary N) is 1. The van der Waals surface area contributed by atoms with E-state index in [-0.39, 0.29) is 23.6 Å². The standard InChI is InChI=1S/C23H24F3N5O2.C4H8O/c1-13-9-15(14(2)31-12-18-17(22(31)32)7-8-28-20(18)27-3)10-29-21(13)33-16-5-6-19(23(24,25)26)30(4)11-16;1-4(2)3-5/h5-11,14,19H,12H2,1-4H3,(H,27,28);3-4H,1-2H3. The molecule has 11 heteroatoms. The van der Waals surface area contributed by atoms with E-state index in [9.17, 15) is 22.8 Å². The van der Waals surface area contributed by atoms with Crippen LogP contribution in [0.25, 0.3) is 0 Å². The van der Waals surface area contributed by atoms with Crippen LogP contribution in [0.15, 0.2) is 48.6 Å². The van der Waals surface area contributed by atoms with Crippen molar-refractivity contribution in [2.45, 2.75) is 52.5 Å². The summed E-state index contributed by atoms with van der Waals surface area (Å²) in [5.41, 5.74) is 3.01. The zero-order valence-electron chi connectivity index (χ0n) is 22.2. The van der Waals surface area contributed by atoms with Gasteiger partial charge in [0.05, 0.1) is 12.6 Å². The van der Waals surface area contributed by atoms with Crippen LogP contribution in [0.5, 0.6) is 5.88 Å². The number of hydrogen-bond donors (Lipinski definition) is 1. The van der Waals surface area contributed by atoms with E-state index in [1.54, 1.807) is 37.3 Å². The Kier molecular flexibility index (Phi) is 8.80. The van der Waals surface area contributed by atoms with Crippen LogP contribution in [0.3, 0.4) is 0 Å². The molecule has 0 fully saturated rings. The molecule has 2 aromatic heterocycles. The van der Waals surface area contributed by atoms with Crippen molar-refractivity contribution in [1.82, 2.24) is 19.8 Å². The highest BCUT2D eigenvalue weighted by atomic mass is 19.4. The van der Waals surface area contributed by atoms with Crippen LogP contribution in [0.1, 0.15) is 53.9 Å². The molecular weight excluding hydrogens is 499 g/mol. The van der Waals surface area contributed by atoms with Crippen LogP contribution in [-0.4, -0.2) is 58.3 Å². The number of anilines is 1. The summed E-state index contributed by atoms with van der Waals surface area (Å²) < 4.78 is 44.8. The predicted octanol–water partition coefficient (Wildman–Crippen LogP) is 5.04. The van der Waals surface area contributed by atoms with E-state index in [1.165, 1.54) is 19.3 Å². The van der Waals surface area contributed by atoms with Crippen molar-refractivity contribution in [3.8, 4) is 5.88 Å². The quantitative estimate of drug-likeness (QED) is 0.523. The predicted molar refractivity (Wildman–Crippen MR) is 137 cm³/mol. The minimum absolute atomic E-state index is 0.0749. The maximum atomic E-state index is 13.0. The van der Waals surface area contributed by atoms with Crippen molar-refractivity contribution < 1.29 is 27.5 Å². The number of pyridine rings is 2. The van der Waals surface area contributed by atoms with Gasteiger partial charge >= 0.3 is 6.18 Å². The molecule has 4 heterocycles. The van der Waals surface area contributed by atoms with Crippen molar-refractivity contribution >= 4 is 18.0 Å². The molecule has 0 aromatic carbocycles. The molecule has 2 aliphatic rings. The van der Waals surface area contributed by atoms with E-state index in [1.807, 2.05) is 26.8 Å². The first-order chi connectivity index (χ1) is 17.9. The molecule has 0 radical (unpaired) electrons. The highest BCUT2D eigenvalue weighted by Crippen LogP contribution is 2.35. The summed E-state index contributed by atoms with van der Waals surface area (Å²) in [6.45, 7) is 7.87. The summed E-state index contributed by atoms with van der Waals surface area (Å²) in [6.07, 6.45) is 3.42. The molecule has 4 rings (SSSR count). The summed E-state index contributed by atoms with van der Waals surface area (Å²) in [4.78, 5) is 33.9. The number of aryl methyl sites for hydroxylation is 1. The molecule has 0 bridgehead atoms. The lowest BCUT2D eigenvalue weighted by Gasteiger charge is -2.29. The number of aromatic nitrogens is 2. The number of carbonyl (C=O) groups excluding carboxylic acids is 2. The number of likely N-dealkylation sites (N-methyl/N-ethyl adjacent to an activating group) is 1. The van der Waals surface area contributed by atoms with Crippen molar-refractivity contribution in [3.63, 3.8) is 0 Å². The van der Waals surface area contributed by atoms with Gasteiger partial charge in [0.1, 0.15) is 23.9 Å². The first-order valence-corrected chi connectivity index (χ1v) is 12.1. The van der Waals surface area contributed by atoms with Gasteiger partial charge in [-0.3, -0.25) is 4.79 Å². The summed E-state index contributed by atoms with van der Waals surface area (Å²) >= 11 is 0. The van der Waals surface area contributed by atoms with Crippen LogP contribution < -0.4 is 10.1 Å². The number of nitrogens with zero attached hydrogens (tertiary/aromatic N) is 4. The van der Waals surface area contributed by atoms with Gasteiger partial charge in [0.25, 0.3) is 5.91 Å². The van der Waals surface area contributed by atoms with Crippen LogP contribution in [-0.2, 0) is 11.3 Å². The number of halogens is 3. The number of allylic oxidation sites excluding steroid dienone is 1. The Morgan fingerprint density at radius 1 is 1.24 bits per heavy atom. The molecule has 0 saturated heterocycles. The molecule has 0 spiro atoms. The molecular formula is C27H32F3N5O3. The van der Waals surface area contributed by atoms with Crippen LogP contribution in [0.2, 0.25) is 0 Å². The smallest absolute Gasteiger partial charge is 0.412 e. The first-order valence-electron chi connectivity index (χ1n) is 12.1. The molecule has 0 saturated carbocycles. The number of carbonyl (C=O) groups is 2. The largest absolute Gasteiger partial charge is 0.437 e. The Bertz CT molecular complexity index is 1240. The maximum absolute atomic E-state index is 13.0. The Labute approximate surface area is 220 Å². The molecule has 2 atom stereocenters. The van der Waals surface area contributed by atoms with E-state index < -0.39 is 12.2 Å². The summed E-state index contributed by atoms with van der Waals surface area (Å²) in [5, 5.41) is 3.02. The third kappa shape index (κ3) is 6.32. The Balaban J connectivity index is 0.000000732. The summed E-state index contributed by atoms with van der Waals surface area (Å²) in [5.74, 6) is 1.36. The lowest BCUT2D eigenvalue weighted by atomic mass is 10.1. The Hall–Kier alpha value is -3.89. The van der Waals surface area contributed by atoms with Gasteiger partial charge in [0.2, 0.25) is 5.88 Å². The van der Waals surface area contributed by atoms with Gasteiger partial charge < -0.3 is 24.6 Å². The van der Waals surface area contributed by atoms with Gasteiger partial charge in [-0.15, -0.1) is 0 Å². The van der Waals surface area contributed by atoms with Gasteiger partial charge in [-0.2, -0.15) is 13.2 Å². The maximum Gasteiger partial charge on any atom is 0.412 e. The molecule has 1 N–H and O–H groups in total.